The summed E-state index contributed by atoms with van der Waals surface area (Å²) in [6, 6.07) is 0. The third kappa shape index (κ3) is 10.6. The summed E-state index contributed by atoms with van der Waals surface area (Å²) >= 11 is 31.3. The molecule has 0 fully saturated rings. The van der Waals surface area contributed by atoms with Crippen molar-refractivity contribution in [3.05, 3.63) is 0 Å². The molecule has 1 nitrogen and oxygen atoms in total. The van der Waals surface area contributed by atoms with Gasteiger partial charge in [0.1, 0.15) is 0 Å². The van der Waals surface area contributed by atoms with Crippen molar-refractivity contribution >= 4 is 78.5 Å². The van der Waals surface area contributed by atoms with Crippen molar-refractivity contribution in [3.8, 4) is 0 Å². The van der Waals surface area contributed by atoms with Crippen molar-refractivity contribution in [1.29, 1.82) is 0 Å². The molecule has 0 aliphatic heterocycles. The van der Waals surface area contributed by atoms with Gasteiger partial charge in [-0.2, -0.15) is 0 Å². The average molecular weight is 291 g/mol. The molecular weight excluding hydrogens is 291 g/mol. The minimum Gasteiger partial charge on any atom is 0.00824 e. The van der Waals surface area contributed by atoms with Gasteiger partial charge < -0.3 is 0 Å². The van der Waals surface area contributed by atoms with Gasteiger partial charge in [-0.3, -0.25) is 0 Å². The van der Waals surface area contributed by atoms with Crippen LogP contribution in [0.4, 0.5) is 0 Å². The van der Waals surface area contributed by atoms with Gasteiger partial charge in [0, 0.05) is 4.31 Å². The largest absolute Gasteiger partial charge is 0.489 e. The molecule has 0 radical (unpaired) electrons. The van der Waals surface area contributed by atoms with Crippen LogP contribution in [-0.2, 0) is 4.31 Å². The summed E-state index contributed by atoms with van der Waals surface area (Å²) in [4.78, 5) is 0. The maximum Gasteiger partial charge on any atom is 0.489 e. The van der Waals surface area contributed by atoms with Crippen molar-refractivity contribution in [2.24, 2.45) is 0 Å². The number of hydrogen-bond donors (Lipinski definition) is 0. The first-order chi connectivity index (χ1) is 3.71. The van der Waals surface area contributed by atoms with Gasteiger partial charge in [0.05, 0.1) is 0 Å². The second kappa shape index (κ2) is 3.99. The third-order valence-corrected chi connectivity index (χ3v) is 5.00. The zero-order chi connectivity index (χ0) is 7.71. The minimum atomic E-state index is -2.97. The molecule has 9 heteroatoms. The fourth-order valence-electron chi connectivity index (χ4n) is 0.105. The smallest absolute Gasteiger partial charge is 0.00824 e. The molecule has 0 aliphatic carbocycles. The van der Waals surface area contributed by atoms with Crippen LogP contribution in [0, 0.1) is 0 Å². The van der Waals surface area contributed by atoms with Gasteiger partial charge in [-0.05, 0) is 0 Å². The summed E-state index contributed by atoms with van der Waals surface area (Å²) in [6.07, 6.45) is 0. The third-order valence-electron chi connectivity index (χ3n) is 0.185. The zero-order valence-electron chi connectivity index (χ0n) is 3.57. The van der Waals surface area contributed by atoms with Crippen molar-refractivity contribution in [2.45, 2.75) is 0 Å². The molecule has 0 aromatic heterocycles. The molecule has 0 aromatic rings. The number of halogens is 6. The maximum absolute atomic E-state index is 5.21. The van der Waals surface area contributed by atoms with Crippen LogP contribution in [0.15, 0.2) is 0 Å². The molecular formula is Cl6OP2+2. The van der Waals surface area contributed by atoms with Gasteiger partial charge in [0.25, 0.3) is 0 Å². The second-order valence-corrected chi connectivity index (χ2v) is 14.8. The quantitative estimate of drug-likeness (QED) is 0.585. The summed E-state index contributed by atoms with van der Waals surface area (Å²) in [5.41, 5.74) is -5.93. The van der Waals surface area contributed by atoms with E-state index < -0.39 is 11.1 Å². The fraction of sp³-hybridized carbons (Fsp3) is 0. The van der Waals surface area contributed by atoms with E-state index in [4.69, 9.17) is 67.4 Å². The Kier molecular flexibility index (Phi) is 5.12. The van der Waals surface area contributed by atoms with E-state index >= 15 is 0 Å². The molecule has 9 heavy (non-hydrogen) atoms. The molecule has 0 spiro atoms. The Morgan fingerprint density at radius 2 is 0.889 bits per heavy atom. The Balaban J connectivity index is 3.75. The summed E-state index contributed by atoms with van der Waals surface area (Å²) in [6.45, 7) is 0. The molecule has 0 atom stereocenters. The highest BCUT2D eigenvalue weighted by Gasteiger charge is 2.55. The van der Waals surface area contributed by atoms with Crippen LogP contribution < -0.4 is 0 Å². The van der Waals surface area contributed by atoms with Gasteiger partial charge in [-0.1, -0.05) is 0 Å². The second-order valence-electron chi connectivity index (χ2n) is 0.879. The van der Waals surface area contributed by atoms with Crippen molar-refractivity contribution < 1.29 is 4.31 Å². The summed E-state index contributed by atoms with van der Waals surface area (Å²) in [5, 5.41) is 0. The highest BCUT2D eigenvalue weighted by Crippen LogP contribution is 2.90. The molecule has 0 aromatic carbocycles. The zero-order valence-corrected chi connectivity index (χ0v) is 9.89. The van der Waals surface area contributed by atoms with Crippen LogP contribution in [0.2, 0.25) is 0 Å². The van der Waals surface area contributed by atoms with E-state index in [1.807, 2.05) is 0 Å². The average Bonchev–Trinajstić information content (AvgIpc) is 1.14. The molecule has 0 amide bonds. The van der Waals surface area contributed by atoms with E-state index in [1.54, 1.807) is 0 Å². The summed E-state index contributed by atoms with van der Waals surface area (Å²) < 4.78 is 4.44. The van der Waals surface area contributed by atoms with Gasteiger partial charge in [0.15, 0.2) is 67.4 Å². The molecule has 0 N–H and O–H groups in total. The van der Waals surface area contributed by atoms with Crippen LogP contribution in [0.25, 0.3) is 0 Å². The molecule has 0 rings (SSSR count). The van der Waals surface area contributed by atoms with Crippen molar-refractivity contribution in [3.63, 3.8) is 0 Å². The Labute approximate surface area is 82.4 Å². The highest BCUT2D eigenvalue weighted by atomic mass is 36.1. The van der Waals surface area contributed by atoms with Gasteiger partial charge in [0.2, 0.25) is 0 Å². The van der Waals surface area contributed by atoms with Crippen molar-refractivity contribution in [1.82, 2.24) is 0 Å². The lowest BCUT2D eigenvalue weighted by Crippen LogP contribution is -1.66. The number of hydrogen-bond acceptors (Lipinski definition) is 1. The lowest BCUT2D eigenvalue weighted by atomic mass is 15.9. The van der Waals surface area contributed by atoms with E-state index in [-0.39, 0.29) is 0 Å². The molecule has 0 saturated heterocycles. The first-order valence-electron chi connectivity index (χ1n) is 1.38. The van der Waals surface area contributed by atoms with Crippen LogP contribution in [0.5, 0.6) is 0 Å². The predicted octanol–water partition coefficient (Wildman–Crippen LogP) is 5.79. The Bertz CT molecular complexity index is 76.2. The Morgan fingerprint density at radius 3 is 0.889 bits per heavy atom. The fourth-order valence-corrected chi connectivity index (χ4v) is 8.50. The topological polar surface area (TPSA) is 9.23 Å². The van der Waals surface area contributed by atoms with Crippen LogP contribution in [0.3, 0.4) is 0 Å². The first-order valence-corrected chi connectivity index (χ1v) is 10.2. The molecule has 56 valence electrons. The Morgan fingerprint density at radius 1 is 0.667 bits per heavy atom. The normalized spacial score (nSPS) is 14.0. The first kappa shape index (κ1) is 11.6. The summed E-state index contributed by atoms with van der Waals surface area (Å²) in [5.74, 6) is 0. The minimum absolute atomic E-state index is 2.97. The molecule has 0 saturated carbocycles. The molecule has 0 heterocycles. The molecule has 0 unspecified atom stereocenters. The maximum atomic E-state index is 5.21. The number of rotatable bonds is 2. The van der Waals surface area contributed by atoms with E-state index in [9.17, 15) is 0 Å². The monoisotopic (exact) mass is 288 g/mol. The van der Waals surface area contributed by atoms with E-state index in [1.165, 1.54) is 0 Å². The van der Waals surface area contributed by atoms with Gasteiger partial charge in [-0.25, -0.2) is 0 Å². The molecule has 0 aliphatic rings. The van der Waals surface area contributed by atoms with Crippen LogP contribution >= 0.6 is 78.5 Å². The van der Waals surface area contributed by atoms with Gasteiger partial charge in [-0.15, -0.1) is 0 Å². The Hall–Kier alpha value is 2.56. The lowest BCUT2D eigenvalue weighted by Gasteiger charge is -1.95. The SMILES string of the molecule is Cl[P+](Cl)(Cl)O[P+](Cl)(Cl)Cl. The van der Waals surface area contributed by atoms with Crippen LogP contribution in [-0.4, -0.2) is 0 Å². The van der Waals surface area contributed by atoms with Crippen molar-refractivity contribution in [2.75, 3.05) is 0 Å². The van der Waals surface area contributed by atoms with E-state index in [0.717, 1.165) is 0 Å². The standard InChI is InChI=1S/Cl6OP2/c1-8(2,3)7-9(4,5)6/q+2. The highest BCUT2D eigenvalue weighted by molar-refractivity contribution is 8.39. The van der Waals surface area contributed by atoms with Crippen LogP contribution in [0.1, 0.15) is 0 Å². The summed E-state index contributed by atoms with van der Waals surface area (Å²) in [7, 11) is 0. The predicted molar refractivity (Wildman–Crippen MR) is 50.0 cm³/mol. The van der Waals surface area contributed by atoms with Gasteiger partial charge >= 0.3 is 11.1 Å². The molecule has 0 bridgehead atoms. The van der Waals surface area contributed by atoms with E-state index in [2.05, 4.69) is 4.31 Å². The lowest BCUT2D eigenvalue weighted by molar-refractivity contribution is 0.729. The van der Waals surface area contributed by atoms with E-state index in [0.29, 0.717) is 0 Å².